The molecule has 106 valence electrons. The molecule has 0 bridgehead atoms. The van der Waals surface area contributed by atoms with Crippen molar-refractivity contribution in [3.8, 4) is 0 Å². The highest BCUT2D eigenvalue weighted by atomic mass is 35.5. The first kappa shape index (κ1) is 13.6. The first-order valence-electron chi connectivity index (χ1n) is 6.95. The van der Waals surface area contributed by atoms with Crippen molar-refractivity contribution in [2.24, 2.45) is 0 Å². The zero-order chi connectivity index (χ0) is 14.0. The number of benzene rings is 1. The lowest BCUT2D eigenvalue weighted by Crippen LogP contribution is -2.37. The van der Waals surface area contributed by atoms with Crippen LogP contribution in [0.15, 0.2) is 28.8 Å². The predicted molar refractivity (Wildman–Crippen MR) is 78.0 cm³/mol. The molecule has 1 aromatic carbocycles. The molecular formula is C15H18ClN3O. The van der Waals surface area contributed by atoms with E-state index in [-0.39, 0.29) is 5.41 Å². The predicted octanol–water partition coefficient (Wildman–Crippen LogP) is 2.95. The quantitative estimate of drug-likeness (QED) is 0.944. The molecule has 0 unspecified atom stereocenters. The summed E-state index contributed by atoms with van der Waals surface area (Å²) in [6, 6.07) is 7.76. The Morgan fingerprint density at radius 3 is 2.80 bits per heavy atom. The van der Waals surface area contributed by atoms with E-state index in [9.17, 15) is 0 Å². The molecule has 1 aromatic heterocycles. The second kappa shape index (κ2) is 5.54. The van der Waals surface area contributed by atoms with Crippen molar-refractivity contribution in [1.29, 1.82) is 0 Å². The lowest BCUT2D eigenvalue weighted by atomic mass is 9.81. The van der Waals surface area contributed by atoms with Crippen LogP contribution < -0.4 is 5.32 Å². The Hall–Kier alpha value is -1.39. The van der Waals surface area contributed by atoms with E-state index in [1.54, 1.807) is 0 Å². The minimum Gasteiger partial charge on any atom is -0.339 e. The fraction of sp³-hybridized carbons (Fsp3) is 0.467. The second-order valence-corrected chi connectivity index (χ2v) is 6.00. The van der Waals surface area contributed by atoms with Crippen molar-refractivity contribution in [1.82, 2.24) is 15.5 Å². The maximum atomic E-state index is 6.16. The van der Waals surface area contributed by atoms with Crippen molar-refractivity contribution in [2.75, 3.05) is 13.1 Å². The van der Waals surface area contributed by atoms with E-state index in [1.165, 1.54) is 0 Å². The summed E-state index contributed by atoms with van der Waals surface area (Å²) in [7, 11) is 0. The van der Waals surface area contributed by atoms with E-state index < -0.39 is 0 Å². The molecule has 2 heterocycles. The molecule has 1 fully saturated rings. The average molecular weight is 292 g/mol. The van der Waals surface area contributed by atoms with Gasteiger partial charge in [-0.2, -0.15) is 4.98 Å². The van der Waals surface area contributed by atoms with Gasteiger partial charge in [-0.25, -0.2) is 0 Å². The molecule has 0 saturated carbocycles. The Kier molecular flexibility index (Phi) is 3.76. The summed E-state index contributed by atoms with van der Waals surface area (Å²) in [6.07, 6.45) is 2.67. The van der Waals surface area contributed by atoms with E-state index in [2.05, 4.69) is 22.4 Å². The van der Waals surface area contributed by atoms with Crippen molar-refractivity contribution in [2.45, 2.75) is 31.6 Å². The third-order valence-electron chi connectivity index (χ3n) is 4.00. The smallest absolute Gasteiger partial charge is 0.232 e. The van der Waals surface area contributed by atoms with Crippen LogP contribution in [-0.4, -0.2) is 23.2 Å². The van der Waals surface area contributed by atoms with Gasteiger partial charge >= 0.3 is 0 Å². The standard InChI is InChI=1S/C15H18ClN3O/c1-15(6-8-17-9-7-15)14-18-13(19-20-14)10-11-4-2-3-5-12(11)16/h2-5,17H,6-10H2,1H3. The largest absolute Gasteiger partial charge is 0.339 e. The zero-order valence-corrected chi connectivity index (χ0v) is 12.3. The monoisotopic (exact) mass is 291 g/mol. The van der Waals surface area contributed by atoms with Gasteiger partial charge in [0.25, 0.3) is 0 Å². The second-order valence-electron chi connectivity index (χ2n) is 5.59. The summed E-state index contributed by atoms with van der Waals surface area (Å²) in [5.41, 5.74) is 1.02. The first-order chi connectivity index (χ1) is 9.67. The molecule has 0 atom stereocenters. The Bertz CT molecular complexity index is 590. The molecule has 0 aliphatic carbocycles. The van der Waals surface area contributed by atoms with E-state index in [4.69, 9.17) is 16.1 Å². The van der Waals surface area contributed by atoms with E-state index in [0.717, 1.165) is 42.4 Å². The average Bonchev–Trinajstić information content (AvgIpc) is 2.92. The zero-order valence-electron chi connectivity index (χ0n) is 11.5. The Labute approximate surface area is 123 Å². The molecule has 20 heavy (non-hydrogen) atoms. The van der Waals surface area contributed by atoms with Crippen molar-refractivity contribution >= 4 is 11.6 Å². The van der Waals surface area contributed by atoms with Crippen LogP contribution in [0.4, 0.5) is 0 Å². The lowest BCUT2D eigenvalue weighted by Gasteiger charge is -2.30. The maximum absolute atomic E-state index is 6.16. The van der Waals surface area contributed by atoms with Crippen LogP contribution in [-0.2, 0) is 11.8 Å². The normalized spacial score (nSPS) is 18.1. The van der Waals surface area contributed by atoms with Gasteiger partial charge in [0.1, 0.15) is 0 Å². The van der Waals surface area contributed by atoms with Gasteiger partial charge in [0, 0.05) is 16.9 Å². The molecular weight excluding hydrogens is 274 g/mol. The number of hydrogen-bond donors (Lipinski definition) is 1. The van der Waals surface area contributed by atoms with E-state index in [0.29, 0.717) is 12.2 Å². The minimum absolute atomic E-state index is 0.00299. The summed E-state index contributed by atoms with van der Waals surface area (Å²) in [5, 5.41) is 8.21. The fourth-order valence-corrected chi connectivity index (χ4v) is 2.78. The van der Waals surface area contributed by atoms with Crippen molar-refractivity contribution in [3.63, 3.8) is 0 Å². The Morgan fingerprint density at radius 1 is 1.30 bits per heavy atom. The van der Waals surface area contributed by atoms with Crippen LogP contribution in [0.3, 0.4) is 0 Å². The molecule has 2 aromatic rings. The van der Waals surface area contributed by atoms with E-state index >= 15 is 0 Å². The van der Waals surface area contributed by atoms with Gasteiger partial charge in [-0.15, -0.1) is 0 Å². The topological polar surface area (TPSA) is 51.0 Å². The van der Waals surface area contributed by atoms with Crippen LogP contribution in [0.1, 0.15) is 37.0 Å². The summed E-state index contributed by atoms with van der Waals surface area (Å²) < 4.78 is 5.49. The van der Waals surface area contributed by atoms with Gasteiger partial charge in [-0.1, -0.05) is 41.9 Å². The molecule has 1 aliphatic rings. The number of halogens is 1. The van der Waals surface area contributed by atoms with Gasteiger partial charge in [-0.05, 0) is 37.6 Å². The molecule has 1 N–H and O–H groups in total. The number of hydrogen-bond acceptors (Lipinski definition) is 4. The number of rotatable bonds is 3. The third-order valence-corrected chi connectivity index (χ3v) is 4.37. The van der Waals surface area contributed by atoms with Crippen LogP contribution in [0.5, 0.6) is 0 Å². The summed E-state index contributed by atoms with van der Waals surface area (Å²) in [4.78, 5) is 4.58. The van der Waals surface area contributed by atoms with E-state index in [1.807, 2.05) is 24.3 Å². The summed E-state index contributed by atoms with van der Waals surface area (Å²) >= 11 is 6.16. The highest BCUT2D eigenvalue weighted by Gasteiger charge is 2.34. The summed E-state index contributed by atoms with van der Waals surface area (Å²) in [6.45, 7) is 4.19. The minimum atomic E-state index is -0.00299. The number of nitrogens with one attached hydrogen (secondary N) is 1. The van der Waals surface area contributed by atoms with Crippen LogP contribution in [0.2, 0.25) is 5.02 Å². The van der Waals surface area contributed by atoms with Crippen LogP contribution >= 0.6 is 11.6 Å². The van der Waals surface area contributed by atoms with Crippen molar-refractivity contribution < 1.29 is 4.52 Å². The SMILES string of the molecule is CC1(c2nc(Cc3ccccc3Cl)no2)CCNCC1. The van der Waals surface area contributed by atoms with Gasteiger partial charge in [-0.3, -0.25) is 0 Å². The first-order valence-corrected chi connectivity index (χ1v) is 7.32. The highest BCUT2D eigenvalue weighted by molar-refractivity contribution is 6.31. The lowest BCUT2D eigenvalue weighted by molar-refractivity contribution is 0.240. The molecule has 4 nitrogen and oxygen atoms in total. The molecule has 1 aliphatic heterocycles. The molecule has 0 spiro atoms. The molecule has 0 amide bonds. The third kappa shape index (κ3) is 2.72. The summed E-state index contributed by atoms with van der Waals surface area (Å²) in [5.74, 6) is 1.45. The number of nitrogens with zero attached hydrogens (tertiary/aromatic N) is 2. The van der Waals surface area contributed by atoms with Gasteiger partial charge in [0.15, 0.2) is 5.82 Å². The Balaban J connectivity index is 1.78. The molecule has 3 rings (SSSR count). The highest BCUT2D eigenvalue weighted by Crippen LogP contribution is 2.31. The van der Waals surface area contributed by atoms with Gasteiger partial charge in [0.2, 0.25) is 5.89 Å². The molecule has 1 saturated heterocycles. The van der Waals surface area contributed by atoms with Gasteiger partial charge < -0.3 is 9.84 Å². The molecule has 5 heteroatoms. The number of piperidine rings is 1. The van der Waals surface area contributed by atoms with Crippen LogP contribution in [0.25, 0.3) is 0 Å². The van der Waals surface area contributed by atoms with Crippen LogP contribution in [0, 0.1) is 0 Å². The van der Waals surface area contributed by atoms with Crippen molar-refractivity contribution in [3.05, 3.63) is 46.6 Å². The fourth-order valence-electron chi connectivity index (χ4n) is 2.58. The molecule has 0 radical (unpaired) electrons. The Morgan fingerprint density at radius 2 is 2.05 bits per heavy atom. The number of aromatic nitrogens is 2. The van der Waals surface area contributed by atoms with Gasteiger partial charge in [0.05, 0.1) is 0 Å². The maximum Gasteiger partial charge on any atom is 0.232 e.